The van der Waals surface area contributed by atoms with Gasteiger partial charge in [-0.25, -0.2) is 0 Å². The predicted molar refractivity (Wildman–Crippen MR) is 63.3 cm³/mol. The first-order valence-electron chi connectivity index (χ1n) is 5.40. The molecule has 17 heavy (non-hydrogen) atoms. The molecule has 5 heteroatoms. The standard InChI is InChI=1S/C12H14N2O3/c1-14-9-6-8(10(15)7-13)2-3-11(9)17-5-4-12(14)16/h2-3,6H,4-5,7,13H2,1H3. The van der Waals surface area contributed by atoms with Gasteiger partial charge < -0.3 is 15.4 Å². The lowest BCUT2D eigenvalue weighted by molar-refractivity contribution is -0.118. The van der Waals surface area contributed by atoms with E-state index in [4.69, 9.17) is 10.5 Å². The number of carbonyl (C=O) groups is 2. The van der Waals surface area contributed by atoms with Crippen molar-refractivity contribution in [2.75, 3.05) is 25.1 Å². The molecule has 0 saturated heterocycles. The van der Waals surface area contributed by atoms with Crippen LogP contribution in [0.25, 0.3) is 0 Å². The molecule has 0 atom stereocenters. The SMILES string of the molecule is CN1C(=O)CCOc2ccc(C(=O)CN)cc21. The number of carbonyl (C=O) groups excluding carboxylic acids is 2. The lowest BCUT2D eigenvalue weighted by Crippen LogP contribution is -2.25. The van der Waals surface area contributed by atoms with Gasteiger partial charge in [-0.2, -0.15) is 0 Å². The maximum atomic E-state index is 11.7. The Morgan fingerprint density at radius 3 is 3.00 bits per heavy atom. The number of amides is 1. The van der Waals surface area contributed by atoms with Crippen molar-refractivity contribution in [1.82, 2.24) is 0 Å². The van der Waals surface area contributed by atoms with Crippen molar-refractivity contribution in [1.29, 1.82) is 0 Å². The third-order valence-corrected chi connectivity index (χ3v) is 2.78. The van der Waals surface area contributed by atoms with E-state index in [1.54, 1.807) is 25.2 Å². The van der Waals surface area contributed by atoms with Crippen LogP contribution in [0, 0.1) is 0 Å². The molecule has 1 aliphatic heterocycles. The van der Waals surface area contributed by atoms with Crippen LogP contribution in [-0.2, 0) is 4.79 Å². The minimum absolute atomic E-state index is 0.0268. The van der Waals surface area contributed by atoms with Crippen LogP contribution in [0.2, 0.25) is 0 Å². The molecule has 2 rings (SSSR count). The Hall–Kier alpha value is -1.88. The van der Waals surface area contributed by atoms with E-state index >= 15 is 0 Å². The molecule has 5 nitrogen and oxygen atoms in total. The molecular formula is C12H14N2O3. The lowest BCUT2D eigenvalue weighted by Gasteiger charge is -2.16. The van der Waals surface area contributed by atoms with E-state index in [2.05, 4.69) is 0 Å². The maximum Gasteiger partial charge on any atom is 0.230 e. The molecule has 0 unspecified atom stereocenters. The second-order valence-electron chi connectivity index (χ2n) is 3.86. The van der Waals surface area contributed by atoms with Crippen LogP contribution in [0.4, 0.5) is 5.69 Å². The van der Waals surface area contributed by atoms with Gasteiger partial charge in [0.2, 0.25) is 5.91 Å². The molecule has 1 aromatic carbocycles. The van der Waals surface area contributed by atoms with Crippen molar-refractivity contribution in [3.63, 3.8) is 0 Å². The highest BCUT2D eigenvalue weighted by molar-refractivity contribution is 6.01. The fourth-order valence-electron chi connectivity index (χ4n) is 1.74. The summed E-state index contributed by atoms with van der Waals surface area (Å²) >= 11 is 0. The topological polar surface area (TPSA) is 72.6 Å². The summed E-state index contributed by atoms with van der Waals surface area (Å²) in [5.41, 5.74) is 6.43. The van der Waals surface area contributed by atoms with E-state index in [1.165, 1.54) is 4.90 Å². The Bertz CT molecular complexity index is 471. The minimum Gasteiger partial charge on any atom is -0.491 e. The number of nitrogens with zero attached hydrogens (tertiary/aromatic N) is 1. The average Bonchev–Trinajstić information content (AvgIpc) is 2.49. The van der Waals surface area contributed by atoms with E-state index in [0.29, 0.717) is 30.0 Å². The largest absolute Gasteiger partial charge is 0.491 e. The molecule has 2 N–H and O–H groups in total. The van der Waals surface area contributed by atoms with Crippen molar-refractivity contribution in [3.8, 4) is 5.75 Å². The smallest absolute Gasteiger partial charge is 0.230 e. The number of ether oxygens (including phenoxy) is 1. The van der Waals surface area contributed by atoms with Gasteiger partial charge in [0.25, 0.3) is 0 Å². The number of ketones is 1. The monoisotopic (exact) mass is 234 g/mol. The van der Waals surface area contributed by atoms with Gasteiger partial charge in [-0.1, -0.05) is 0 Å². The minimum atomic E-state index is -0.155. The highest BCUT2D eigenvalue weighted by atomic mass is 16.5. The lowest BCUT2D eigenvalue weighted by atomic mass is 10.1. The fraction of sp³-hybridized carbons (Fsp3) is 0.333. The Labute approximate surface area is 99.2 Å². The molecule has 0 aromatic heterocycles. The average molecular weight is 234 g/mol. The molecule has 0 aliphatic carbocycles. The first kappa shape index (κ1) is 11.6. The maximum absolute atomic E-state index is 11.7. The Morgan fingerprint density at radius 2 is 2.29 bits per heavy atom. The molecule has 0 radical (unpaired) electrons. The number of hydrogen-bond donors (Lipinski definition) is 1. The van der Waals surface area contributed by atoms with E-state index in [-0.39, 0.29) is 18.2 Å². The molecule has 0 bridgehead atoms. The normalized spacial score (nSPS) is 14.9. The highest BCUT2D eigenvalue weighted by Crippen LogP contribution is 2.31. The zero-order valence-electron chi connectivity index (χ0n) is 9.60. The second-order valence-corrected chi connectivity index (χ2v) is 3.86. The number of hydrogen-bond acceptors (Lipinski definition) is 4. The number of anilines is 1. The predicted octanol–water partition coefficient (Wildman–Crippen LogP) is 0.573. The van der Waals surface area contributed by atoms with E-state index in [0.717, 1.165) is 0 Å². The van der Waals surface area contributed by atoms with Crippen molar-refractivity contribution >= 4 is 17.4 Å². The number of benzene rings is 1. The van der Waals surface area contributed by atoms with Gasteiger partial charge in [0.1, 0.15) is 5.75 Å². The third kappa shape index (κ3) is 2.14. The van der Waals surface area contributed by atoms with E-state index in [9.17, 15) is 9.59 Å². The number of Topliss-reactive ketones (excluding diaryl/α,β-unsaturated/α-hetero) is 1. The third-order valence-electron chi connectivity index (χ3n) is 2.78. The molecule has 0 saturated carbocycles. The molecule has 1 aromatic rings. The van der Waals surface area contributed by atoms with Gasteiger partial charge in [0.15, 0.2) is 5.78 Å². The van der Waals surface area contributed by atoms with Crippen LogP contribution in [0.3, 0.4) is 0 Å². The Morgan fingerprint density at radius 1 is 1.53 bits per heavy atom. The van der Waals surface area contributed by atoms with E-state index in [1.807, 2.05) is 0 Å². The molecule has 90 valence electrons. The summed E-state index contributed by atoms with van der Waals surface area (Å²) in [5.74, 6) is 0.436. The Kier molecular flexibility index (Phi) is 3.10. The van der Waals surface area contributed by atoms with Gasteiger partial charge in [0, 0.05) is 12.6 Å². The van der Waals surface area contributed by atoms with Gasteiger partial charge >= 0.3 is 0 Å². The van der Waals surface area contributed by atoms with Gasteiger partial charge in [-0.15, -0.1) is 0 Å². The van der Waals surface area contributed by atoms with Crippen molar-refractivity contribution in [2.45, 2.75) is 6.42 Å². The van der Waals surface area contributed by atoms with Crippen LogP contribution in [0.1, 0.15) is 16.8 Å². The number of rotatable bonds is 2. The summed E-state index contributed by atoms with van der Waals surface area (Å²) in [6.07, 6.45) is 0.339. The van der Waals surface area contributed by atoms with Crippen LogP contribution >= 0.6 is 0 Å². The fourth-order valence-corrected chi connectivity index (χ4v) is 1.74. The van der Waals surface area contributed by atoms with Crippen LogP contribution in [0.15, 0.2) is 18.2 Å². The molecule has 1 amide bonds. The first-order chi connectivity index (χ1) is 8.13. The summed E-state index contributed by atoms with van der Waals surface area (Å²) in [6, 6.07) is 5.01. The Balaban J connectivity index is 2.45. The summed E-state index contributed by atoms with van der Waals surface area (Å²) in [4.78, 5) is 24.7. The van der Waals surface area contributed by atoms with Crippen LogP contribution in [0.5, 0.6) is 5.75 Å². The number of nitrogens with two attached hydrogens (primary N) is 1. The molecule has 0 fully saturated rings. The zero-order chi connectivity index (χ0) is 12.4. The zero-order valence-corrected chi connectivity index (χ0v) is 9.60. The van der Waals surface area contributed by atoms with Gasteiger partial charge in [-0.3, -0.25) is 9.59 Å². The highest BCUT2D eigenvalue weighted by Gasteiger charge is 2.20. The van der Waals surface area contributed by atoms with Crippen LogP contribution < -0.4 is 15.4 Å². The first-order valence-corrected chi connectivity index (χ1v) is 5.40. The number of fused-ring (bicyclic) bond motifs is 1. The molecular weight excluding hydrogens is 220 g/mol. The summed E-state index contributed by atoms with van der Waals surface area (Å²) in [7, 11) is 1.67. The van der Waals surface area contributed by atoms with Gasteiger partial charge in [0.05, 0.1) is 25.3 Å². The quantitative estimate of drug-likeness (QED) is 0.759. The molecule has 1 heterocycles. The molecule has 0 spiro atoms. The van der Waals surface area contributed by atoms with Gasteiger partial charge in [-0.05, 0) is 18.2 Å². The van der Waals surface area contributed by atoms with Crippen molar-refractivity contribution in [2.24, 2.45) is 5.73 Å². The molecule has 1 aliphatic rings. The van der Waals surface area contributed by atoms with Crippen LogP contribution in [-0.4, -0.2) is 31.9 Å². The summed E-state index contributed by atoms with van der Waals surface area (Å²) < 4.78 is 5.45. The van der Waals surface area contributed by atoms with E-state index < -0.39 is 0 Å². The summed E-state index contributed by atoms with van der Waals surface area (Å²) in [6.45, 7) is 0.317. The van der Waals surface area contributed by atoms with Crippen molar-refractivity contribution < 1.29 is 14.3 Å². The van der Waals surface area contributed by atoms with Crippen molar-refractivity contribution in [3.05, 3.63) is 23.8 Å². The summed E-state index contributed by atoms with van der Waals surface area (Å²) in [5, 5.41) is 0. The second kappa shape index (κ2) is 4.55.